The van der Waals surface area contributed by atoms with Crippen LogP contribution >= 0.6 is 11.3 Å². The monoisotopic (exact) mass is 597 g/mol. The summed E-state index contributed by atoms with van der Waals surface area (Å²) in [6.45, 7) is 1.70. The number of aromatic nitrogens is 1. The maximum atomic E-state index is 14.2. The Morgan fingerprint density at radius 1 is 0.930 bits per heavy atom. The van der Waals surface area contributed by atoms with Gasteiger partial charge in [0.15, 0.2) is 5.78 Å². The summed E-state index contributed by atoms with van der Waals surface area (Å²) in [6.07, 6.45) is 10.4. The summed E-state index contributed by atoms with van der Waals surface area (Å²) in [5.41, 5.74) is 4.82. The number of amides is 3. The standard InChI is InChI=1S/C34H39N5O3S/c1-23-35-29(22-43-23)26-15-10-16-27(19-26)36-32(41)21-39-34(42)38(20-31(40)24-11-4-2-5-12-24)30-18-9-8-17-28(30)33(37-39)25-13-6-3-7-14-25/h8-10,15-19,22,24-25H,2-7,11-14,20-21H2,1H3,(H,36,41). The number of hydrazone groups is 1. The molecule has 8 nitrogen and oxygen atoms in total. The van der Waals surface area contributed by atoms with Gasteiger partial charge in [0, 0.05) is 34.0 Å². The number of anilines is 2. The van der Waals surface area contributed by atoms with Crippen LogP contribution in [0.2, 0.25) is 0 Å². The van der Waals surface area contributed by atoms with Crippen LogP contribution in [0.25, 0.3) is 11.3 Å². The topological polar surface area (TPSA) is 95.0 Å². The molecule has 2 aliphatic carbocycles. The quantitative estimate of drug-likeness (QED) is 0.292. The van der Waals surface area contributed by atoms with Crippen molar-refractivity contribution < 1.29 is 14.4 Å². The molecule has 6 rings (SSSR count). The van der Waals surface area contributed by atoms with E-state index in [4.69, 9.17) is 5.10 Å². The first kappa shape index (κ1) is 29.2. The fourth-order valence-corrected chi connectivity index (χ4v) is 7.25. The number of nitrogens with zero attached hydrogens (tertiary/aromatic N) is 4. The maximum absolute atomic E-state index is 14.2. The summed E-state index contributed by atoms with van der Waals surface area (Å²) in [7, 11) is 0. The minimum atomic E-state index is -0.440. The van der Waals surface area contributed by atoms with E-state index in [1.165, 1.54) is 11.4 Å². The van der Waals surface area contributed by atoms with Gasteiger partial charge in [-0.3, -0.25) is 14.5 Å². The molecule has 2 aromatic carbocycles. The molecule has 0 atom stereocenters. The molecule has 2 heterocycles. The Morgan fingerprint density at radius 2 is 1.67 bits per heavy atom. The van der Waals surface area contributed by atoms with Crippen molar-refractivity contribution in [2.45, 2.75) is 71.1 Å². The van der Waals surface area contributed by atoms with E-state index in [1.54, 1.807) is 16.2 Å². The lowest BCUT2D eigenvalue weighted by molar-refractivity contribution is -0.122. The number of hydrogen-bond donors (Lipinski definition) is 1. The second-order valence-corrected chi connectivity index (χ2v) is 13.0. The first-order chi connectivity index (χ1) is 21.0. The Kier molecular flexibility index (Phi) is 8.98. The number of aryl methyl sites for hydroxylation is 1. The molecule has 0 radical (unpaired) electrons. The van der Waals surface area contributed by atoms with E-state index in [0.29, 0.717) is 11.4 Å². The van der Waals surface area contributed by atoms with Crippen LogP contribution in [0.4, 0.5) is 16.2 Å². The Balaban J connectivity index is 1.28. The van der Waals surface area contributed by atoms with Crippen molar-refractivity contribution in [2.24, 2.45) is 16.9 Å². The number of carbonyl (C=O) groups excluding carboxylic acids is 3. The lowest BCUT2D eigenvalue weighted by Crippen LogP contribution is -2.46. The molecule has 43 heavy (non-hydrogen) atoms. The van der Waals surface area contributed by atoms with Crippen molar-refractivity contribution in [3.63, 3.8) is 0 Å². The smallest absolute Gasteiger partial charge is 0.324 e. The average Bonchev–Trinajstić information content (AvgIpc) is 3.44. The predicted octanol–water partition coefficient (Wildman–Crippen LogP) is 7.43. The second kappa shape index (κ2) is 13.2. The van der Waals surface area contributed by atoms with Gasteiger partial charge in [0.2, 0.25) is 5.91 Å². The van der Waals surface area contributed by atoms with Gasteiger partial charge in [0.25, 0.3) is 0 Å². The normalized spacial score (nSPS) is 18.2. The maximum Gasteiger partial charge on any atom is 0.345 e. The molecule has 1 aliphatic heterocycles. The number of urea groups is 1. The summed E-state index contributed by atoms with van der Waals surface area (Å²) < 4.78 is 0. The molecular formula is C34H39N5O3S. The molecule has 1 N–H and O–H groups in total. The third-order valence-corrected chi connectivity index (χ3v) is 9.65. The highest BCUT2D eigenvalue weighted by Gasteiger charge is 2.36. The third-order valence-electron chi connectivity index (χ3n) is 8.87. The van der Waals surface area contributed by atoms with E-state index in [-0.39, 0.29) is 36.6 Å². The highest BCUT2D eigenvalue weighted by molar-refractivity contribution is 7.09. The zero-order valence-electron chi connectivity index (χ0n) is 24.8. The number of Topliss-reactive ketones (excluding diaryl/α,β-unsaturated/α-hetero) is 1. The summed E-state index contributed by atoms with van der Waals surface area (Å²) in [5, 5.41) is 12.1. The highest BCUT2D eigenvalue weighted by atomic mass is 32.1. The fraction of sp³-hybridized carbons (Fsp3) is 0.441. The van der Waals surface area contributed by atoms with Crippen LogP contribution in [0.3, 0.4) is 0 Å². The van der Waals surface area contributed by atoms with Gasteiger partial charge in [-0.25, -0.2) is 14.8 Å². The number of fused-ring (bicyclic) bond motifs is 1. The van der Waals surface area contributed by atoms with Crippen LogP contribution < -0.4 is 10.2 Å². The average molecular weight is 598 g/mol. The Hall–Kier alpha value is -3.85. The minimum Gasteiger partial charge on any atom is -0.324 e. The molecule has 0 unspecified atom stereocenters. The predicted molar refractivity (Wildman–Crippen MR) is 172 cm³/mol. The second-order valence-electron chi connectivity index (χ2n) is 11.9. The Bertz CT molecular complexity index is 1520. The molecule has 2 fully saturated rings. The van der Waals surface area contributed by atoms with Crippen molar-refractivity contribution >= 4 is 46.1 Å². The van der Waals surface area contributed by atoms with Crippen LogP contribution in [0.5, 0.6) is 0 Å². The molecule has 224 valence electrons. The van der Waals surface area contributed by atoms with Gasteiger partial charge < -0.3 is 5.32 Å². The lowest BCUT2D eigenvalue weighted by atomic mass is 9.82. The van der Waals surface area contributed by atoms with Crippen molar-refractivity contribution in [3.05, 3.63) is 64.5 Å². The van der Waals surface area contributed by atoms with Crippen molar-refractivity contribution in [1.82, 2.24) is 9.99 Å². The zero-order valence-corrected chi connectivity index (χ0v) is 25.6. The number of hydrogen-bond acceptors (Lipinski definition) is 6. The third kappa shape index (κ3) is 6.72. The van der Waals surface area contributed by atoms with Crippen molar-refractivity contribution in [2.75, 3.05) is 23.3 Å². The summed E-state index contributed by atoms with van der Waals surface area (Å²) >= 11 is 1.58. The van der Waals surface area contributed by atoms with E-state index in [1.807, 2.05) is 60.8 Å². The van der Waals surface area contributed by atoms with Gasteiger partial charge >= 0.3 is 6.03 Å². The number of benzene rings is 2. The summed E-state index contributed by atoms with van der Waals surface area (Å²) in [6, 6.07) is 14.9. The van der Waals surface area contributed by atoms with E-state index < -0.39 is 6.03 Å². The first-order valence-corrected chi connectivity index (χ1v) is 16.5. The number of carbonyl (C=O) groups is 3. The van der Waals surface area contributed by atoms with Gasteiger partial charge in [-0.1, -0.05) is 68.9 Å². The molecule has 2 saturated carbocycles. The molecular weight excluding hydrogens is 558 g/mol. The Morgan fingerprint density at radius 3 is 2.42 bits per heavy atom. The molecule has 0 bridgehead atoms. The van der Waals surface area contributed by atoms with Crippen LogP contribution in [-0.4, -0.2) is 46.5 Å². The zero-order chi connectivity index (χ0) is 29.8. The largest absolute Gasteiger partial charge is 0.345 e. The van der Waals surface area contributed by atoms with Crippen LogP contribution in [0, 0.1) is 18.8 Å². The van der Waals surface area contributed by atoms with Crippen molar-refractivity contribution in [3.8, 4) is 11.3 Å². The molecule has 3 aliphatic rings. The molecule has 3 amide bonds. The fourth-order valence-electron chi connectivity index (χ4n) is 6.63. The van der Waals surface area contributed by atoms with Gasteiger partial charge in [0.05, 0.1) is 28.6 Å². The van der Waals surface area contributed by atoms with Crippen LogP contribution in [0.15, 0.2) is 59.0 Å². The number of thiazole rings is 1. The number of para-hydroxylation sites is 1. The molecule has 0 saturated heterocycles. The molecule has 3 aromatic rings. The number of rotatable bonds is 8. The van der Waals surface area contributed by atoms with E-state index in [2.05, 4.69) is 10.3 Å². The molecule has 0 spiro atoms. The van der Waals surface area contributed by atoms with Crippen molar-refractivity contribution in [1.29, 1.82) is 0 Å². The molecule has 9 heteroatoms. The SMILES string of the molecule is Cc1nc(-c2cccc(NC(=O)CN3N=C(C4CCCCC4)c4ccccc4N(CC(=O)C4CCCCC4)C3=O)c2)cs1. The van der Waals surface area contributed by atoms with E-state index in [0.717, 1.165) is 85.3 Å². The minimum absolute atomic E-state index is 0.0127. The number of nitrogens with one attached hydrogen (secondary N) is 1. The van der Waals surface area contributed by atoms with Gasteiger partial charge in [-0.15, -0.1) is 11.3 Å². The van der Waals surface area contributed by atoms with Gasteiger partial charge in [-0.05, 0) is 50.8 Å². The van der Waals surface area contributed by atoms with E-state index in [9.17, 15) is 14.4 Å². The summed E-state index contributed by atoms with van der Waals surface area (Å²) in [5.74, 6) is -0.0968. The Labute approximate surface area is 257 Å². The van der Waals surface area contributed by atoms with Crippen LogP contribution in [-0.2, 0) is 9.59 Å². The van der Waals surface area contributed by atoms with E-state index >= 15 is 0 Å². The van der Waals surface area contributed by atoms with Crippen LogP contribution in [0.1, 0.15) is 74.8 Å². The molecule has 1 aromatic heterocycles. The number of ketones is 1. The van der Waals surface area contributed by atoms with Gasteiger partial charge in [-0.2, -0.15) is 5.10 Å². The first-order valence-electron chi connectivity index (χ1n) is 15.6. The highest BCUT2D eigenvalue weighted by Crippen LogP contribution is 2.35. The van der Waals surface area contributed by atoms with Gasteiger partial charge in [0.1, 0.15) is 6.54 Å². The lowest BCUT2D eigenvalue weighted by Gasteiger charge is -2.28. The summed E-state index contributed by atoms with van der Waals surface area (Å²) in [4.78, 5) is 47.3.